The molecule has 0 radical (unpaired) electrons. The maximum absolute atomic E-state index is 12.6. The summed E-state index contributed by atoms with van der Waals surface area (Å²) in [5.41, 5.74) is 0. The fourth-order valence-corrected chi connectivity index (χ4v) is 5.73. The summed E-state index contributed by atoms with van der Waals surface area (Å²) in [6.45, 7) is 7.65. The Morgan fingerprint density at radius 3 is 1.44 bits per heavy atom. The number of carbonyl (C=O) groups is 2. The molecule has 5 nitrogen and oxygen atoms in total. The van der Waals surface area contributed by atoms with Crippen LogP contribution in [0.15, 0.2) is 48.6 Å². The topological polar surface area (TPSA) is 61.8 Å². The van der Waals surface area contributed by atoms with Crippen LogP contribution in [0.3, 0.4) is 0 Å². The third-order valence-electron chi connectivity index (χ3n) is 8.88. The Labute approximate surface area is 310 Å². The van der Waals surface area contributed by atoms with Gasteiger partial charge in [0, 0.05) is 19.4 Å². The van der Waals surface area contributed by atoms with Crippen LogP contribution in [0.1, 0.15) is 201 Å². The largest absolute Gasteiger partial charge is 0.462 e. The molecule has 0 N–H and O–H groups in total. The lowest BCUT2D eigenvalue weighted by molar-refractivity contribution is -0.163. The first-order valence-corrected chi connectivity index (χ1v) is 21.2. The van der Waals surface area contributed by atoms with Gasteiger partial charge in [0.2, 0.25) is 0 Å². The van der Waals surface area contributed by atoms with Gasteiger partial charge in [-0.3, -0.25) is 9.59 Å². The highest BCUT2D eigenvalue weighted by atomic mass is 16.6. The highest BCUT2D eigenvalue weighted by Crippen LogP contribution is 2.13. The Bertz CT molecular complexity index is 842. The molecule has 0 aliphatic carbocycles. The summed E-state index contributed by atoms with van der Waals surface area (Å²) in [5.74, 6) is -0.429. The van der Waals surface area contributed by atoms with Crippen molar-refractivity contribution in [2.75, 3.05) is 19.8 Å². The Balaban J connectivity index is 4.19. The predicted octanol–water partition coefficient (Wildman–Crippen LogP) is 13.7. The van der Waals surface area contributed by atoms with Crippen molar-refractivity contribution in [3.8, 4) is 0 Å². The van der Waals surface area contributed by atoms with E-state index < -0.39 is 6.10 Å². The summed E-state index contributed by atoms with van der Waals surface area (Å²) in [4.78, 5) is 25.0. The van der Waals surface area contributed by atoms with Gasteiger partial charge in [-0.25, -0.2) is 0 Å². The number of ether oxygens (including phenoxy) is 3. The minimum Gasteiger partial charge on any atom is -0.462 e. The van der Waals surface area contributed by atoms with E-state index in [0.29, 0.717) is 19.4 Å². The van der Waals surface area contributed by atoms with E-state index in [0.717, 1.165) is 83.5 Å². The van der Waals surface area contributed by atoms with Crippen molar-refractivity contribution in [3.05, 3.63) is 48.6 Å². The minimum atomic E-state index is -0.537. The van der Waals surface area contributed by atoms with Gasteiger partial charge in [0.25, 0.3) is 0 Å². The molecule has 0 bridgehead atoms. The van der Waals surface area contributed by atoms with Crippen LogP contribution in [0, 0.1) is 0 Å². The van der Waals surface area contributed by atoms with Crippen LogP contribution >= 0.6 is 0 Å². The first-order chi connectivity index (χ1) is 24.6. The zero-order chi connectivity index (χ0) is 36.4. The van der Waals surface area contributed by atoms with E-state index in [1.165, 1.54) is 83.5 Å². The van der Waals surface area contributed by atoms with Crippen molar-refractivity contribution in [1.29, 1.82) is 0 Å². The molecule has 0 heterocycles. The highest BCUT2D eigenvalue weighted by molar-refractivity contribution is 5.70. The summed E-state index contributed by atoms with van der Waals surface area (Å²) in [6.07, 6.45) is 48.2. The SMILES string of the molecule is CC/C=C\C/C=C\C/C=C\C/C=C\CCCCCCC(=O)OCC(COCCCCCCCCCCCC)OC(=O)CCCCCCCCC. The standard InChI is InChI=1S/C45H80O5/c1-4-7-10-13-16-18-20-21-22-23-24-25-26-27-30-32-35-38-44(46)49-42-43(50-45(47)39-36-33-29-15-12-9-6-3)41-48-40-37-34-31-28-19-17-14-11-8-5-2/h7,10,16,18,21-22,24-25,43H,4-6,8-9,11-15,17,19-20,23,26-42H2,1-3H3/b10-7-,18-16-,22-21-,25-24-. The molecule has 0 aromatic heterocycles. The lowest BCUT2D eigenvalue weighted by atomic mass is 10.1. The van der Waals surface area contributed by atoms with Crippen LogP contribution in [0.2, 0.25) is 0 Å². The van der Waals surface area contributed by atoms with Gasteiger partial charge in [0.1, 0.15) is 6.61 Å². The molecule has 1 unspecified atom stereocenters. The molecular weight excluding hydrogens is 620 g/mol. The van der Waals surface area contributed by atoms with Crippen molar-refractivity contribution in [1.82, 2.24) is 0 Å². The van der Waals surface area contributed by atoms with Crippen LogP contribution in [-0.4, -0.2) is 37.9 Å². The number of carbonyl (C=O) groups excluding carboxylic acids is 2. The molecule has 0 aliphatic rings. The fraction of sp³-hybridized carbons (Fsp3) is 0.778. The molecule has 0 aromatic rings. The maximum atomic E-state index is 12.6. The van der Waals surface area contributed by atoms with Crippen molar-refractivity contribution in [3.63, 3.8) is 0 Å². The molecule has 0 fully saturated rings. The van der Waals surface area contributed by atoms with Crippen LogP contribution in [0.25, 0.3) is 0 Å². The molecule has 0 rings (SSSR count). The third kappa shape index (κ3) is 38.7. The van der Waals surface area contributed by atoms with E-state index in [-0.39, 0.29) is 25.2 Å². The second-order valence-electron chi connectivity index (χ2n) is 13.9. The van der Waals surface area contributed by atoms with Crippen LogP contribution in [0.4, 0.5) is 0 Å². The summed E-state index contributed by atoms with van der Waals surface area (Å²) in [6, 6.07) is 0. The summed E-state index contributed by atoms with van der Waals surface area (Å²) >= 11 is 0. The van der Waals surface area contributed by atoms with Gasteiger partial charge in [0.05, 0.1) is 6.61 Å². The molecule has 1 atom stereocenters. The van der Waals surface area contributed by atoms with Gasteiger partial charge < -0.3 is 14.2 Å². The molecule has 0 saturated heterocycles. The van der Waals surface area contributed by atoms with Gasteiger partial charge in [-0.2, -0.15) is 0 Å². The Hall–Kier alpha value is -2.14. The molecule has 0 aliphatic heterocycles. The van der Waals surface area contributed by atoms with Gasteiger partial charge in [0.15, 0.2) is 6.10 Å². The second kappa shape index (κ2) is 41.3. The quantitative estimate of drug-likeness (QED) is 0.0364. The number of esters is 2. The van der Waals surface area contributed by atoms with Gasteiger partial charge in [-0.05, 0) is 57.8 Å². The zero-order valence-electron chi connectivity index (χ0n) is 33.2. The van der Waals surface area contributed by atoms with Crippen molar-refractivity contribution in [2.24, 2.45) is 0 Å². The van der Waals surface area contributed by atoms with E-state index in [1.807, 2.05) is 0 Å². The summed E-state index contributed by atoms with van der Waals surface area (Å²) < 4.78 is 17.2. The Morgan fingerprint density at radius 2 is 0.900 bits per heavy atom. The van der Waals surface area contributed by atoms with Gasteiger partial charge in [-0.1, -0.05) is 179 Å². The number of unbranched alkanes of at least 4 members (excludes halogenated alkanes) is 19. The van der Waals surface area contributed by atoms with E-state index in [9.17, 15) is 9.59 Å². The van der Waals surface area contributed by atoms with Gasteiger partial charge >= 0.3 is 11.9 Å². The maximum Gasteiger partial charge on any atom is 0.306 e. The lowest BCUT2D eigenvalue weighted by Gasteiger charge is -2.18. The normalized spacial score (nSPS) is 12.6. The summed E-state index contributed by atoms with van der Waals surface area (Å²) in [7, 11) is 0. The van der Waals surface area contributed by atoms with E-state index in [4.69, 9.17) is 14.2 Å². The number of rotatable bonds is 38. The Kier molecular flexibility index (Phi) is 39.5. The number of hydrogen-bond acceptors (Lipinski definition) is 5. The first-order valence-electron chi connectivity index (χ1n) is 21.2. The molecule has 0 aromatic carbocycles. The van der Waals surface area contributed by atoms with Crippen molar-refractivity contribution >= 4 is 11.9 Å². The summed E-state index contributed by atoms with van der Waals surface area (Å²) in [5, 5.41) is 0. The Morgan fingerprint density at radius 1 is 0.460 bits per heavy atom. The molecule has 290 valence electrons. The van der Waals surface area contributed by atoms with Crippen LogP contribution in [0.5, 0.6) is 0 Å². The smallest absolute Gasteiger partial charge is 0.306 e. The lowest BCUT2D eigenvalue weighted by Crippen LogP contribution is -2.30. The fourth-order valence-electron chi connectivity index (χ4n) is 5.73. The molecule has 0 saturated carbocycles. The van der Waals surface area contributed by atoms with Gasteiger partial charge in [-0.15, -0.1) is 0 Å². The zero-order valence-corrected chi connectivity index (χ0v) is 33.2. The van der Waals surface area contributed by atoms with Crippen LogP contribution < -0.4 is 0 Å². The molecule has 5 heteroatoms. The van der Waals surface area contributed by atoms with E-state index in [2.05, 4.69) is 69.4 Å². The predicted molar refractivity (Wildman–Crippen MR) is 215 cm³/mol. The van der Waals surface area contributed by atoms with Crippen molar-refractivity contribution < 1.29 is 23.8 Å². The minimum absolute atomic E-state index is 0.0749. The highest BCUT2D eigenvalue weighted by Gasteiger charge is 2.17. The average Bonchev–Trinajstić information content (AvgIpc) is 3.11. The number of hydrogen-bond donors (Lipinski definition) is 0. The molecule has 0 amide bonds. The monoisotopic (exact) mass is 701 g/mol. The second-order valence-corrected chi connectivity index (χ2v) is 13.9. The van der Waals surface area contributed by atoms with Crippen molar-refractivity contribution in [2.45, 2.75) is 207 Å². The van der Waals surface area contributed by atoms with Crippen LogP contribution in [-0.2, 0) is 23.8 Å². The van der Waals surface area contributed by atoms with E-state index >= 15 is 0 Å². The average molecular weight is 701 g/mol. The molecule has 50 heavy (non-hydrogen) atoms. The third-order valence-corrected chi connectivity index (χ3v) is 8.88. The number of allylic oxidation sites excluding steroid dienone is 8. The van der Waals surface area contributed by atoms with E-state index in [1.54, 1.807) is 0 Å². The molecular formula is C45H80O5. The molecule has 0 spiro atoms. The first kappa shape index (κ1) is 47.9.